The maximum atomic E-state index is 12.8. The van der Waals surface area contributed by atoms with E-state index in [4.69, 9.17) is 15.3 Å². The molecule has 6 aliphatic heterocycles. The SMILES string of the molecule is Cl.N[C@@H]1C2CCN(CC2)C12CC2.O=C(C[C@@H]1C2CCN(CC2)C12CC2)c1cc2cccnc2s1.O=C=O.c1cnc2sccc2c1. The van der Waals surface area contributed by atoms with Crippen LogP contribution in [-0.2, 0) is 9.59 Å². The Morgan fingerprint density at radius 2 is 1.41 bits per heavy atom. The predicted molar refractivity (Wildman–Crippen MR) is 184 cm³/mol. The number of halogens is 1. The average Bonchev–Trinajstić information content (AvgIpc) is 3.94. The van der Waals surface area contributed by atoms with Crippen molar-refractivity contribution in [3.63, 3.8) is 0 Å². The fraction of sp³-hybridized carbons (Fsp3) is 0.543. The number of piperidine rings is 6. The molecule has 46 heavy (non-hydrogen) atoms. The number of rotatable bonds is 3. The van der Waals surface area contributed by atoms with Crippen LogP contribution in [0.2, 0.25) is 0 Å². The van der Waals surface area contributed by atoms with Crippen molar-refractivity contribution < 1.29 is 14.4 Å². The minimum Gasteiger partial charge on any atom is -0.326 e. The summed E-state index contributed by atoms with van der Waals surface area (Å²) < 4.78 is 0. The first-order valence-electron chi connectivity index (χ1n) is 16.4. The lowest BCUT2D eigenvalue weighted by molar-refractivity contribution is -0.191. The predicted octanol–water partition coefficient (Wildman–Crippen LogP) is 6.45. The van der Waals surface area contributed by atoms with Crippen molar-refractivity contribution in [2.24, 2.45) is 23.5 Å². The van der Waals surface area contributed by atoms with E-state index in [2.05, 4.69) is 37.3 Å². The van der Waals surface area contributed by atoms with Gasteiger partial charge in [-0.25, -0.2) is 9.97 Å². The summed E-state index contributed by atoms with van der Waals surface area (Å²) >= 11 is 3.24. The van der Waals surface area contributed by atoms with E-state index in [0.29, 0.717) is 28.8 Å². The lowest BCUT2D eigenvalue weighted by Gasteiger charge is -2.52. The van der Waals surface area contributed by atoms with E-state index in [9.17, 15) is 4.79 Å². The quantitative estimate of drug-likeness (QED) is 0.246. The van der Waals surface area contributed by atoms with Crippen molar-refractivity contribution in [2.75, 3.05) is 26.2 Å². The first-order valence-corrected chi connectivity index (χ1v) is 18.1. The van der Waals surface area contributed by atoms with Gasteiger partial charge in [0.25, 0.3) is 0 Å². The normalized spacial score (nSPS) is 29.7. The summed E-state index contributed by atoms with van der Waals surface area (Å²) in [5, 5.41) is 4.39. The standard InChI is InChI=1S/C18H20N2OS.C9H16N2.C7H5NS.CO2.ClH/c21-15(16-10-13-2-1-7-19-17(13)22-16)11-14-12-3-8-20(9-4-12)18(14)5-6-18;10-8-7-1-5-11(6-2-7)9(8)3-4-9;1-2-6-3-5-9-7(6)8-4-1;2-1-3;/h1-2,7,10,12,14H,3-6,8-9,11H2;7-8H,1-6,10H2;1-5H;;1H/t14-;8-;;;/m11.../s1. The van der Waals surface area contributed by atoms with E-state index in [-0.39, 0.29) is 18.6 Å². The summed E-state index contributed by atoms with van der Waals surface area (Å²) in [5.41, 5.74) is 7.14. The third-order valence-corrected chi connectivity index (χ3v) is 13.4. The molecule has 244 valence electrons. The number of carbonyl (C=O) groups excluding carboxylic acids is 3. The van der Waals surface area contributed by atoms with Crippen LogP contribution in [-0.4, -0.2) is 75.0 Å². The van der Waals surface area contributed by atoms with Crippen molar-refractivity contribution >= 4 is 67.4 Å². The van der Waals surface area contributed by atoms with Crippen LogP contribution in [0.3, 0.4) is 0 Å². The maximum Gasteiger partial charge on any atom is 0.373 e. The van der Waals surface area contributed by atoms with E-state index in [1.165, 1.54) is 82.9 Å². The highest BCUT2D eigenvalue weighted by atomic mass is 35.5. The van der Waals surface area contributed by atoms with Crippen LogP contribution in [0.5, 0.6) is 0 Å². The van der Waals surface area contributed by atoms with Crippen molar-refractivity contribution in [3.8, 4) is 0 Å². The zero-order valence-electron chi connectivity index (χ0n) is 26.0. The Morgan fingerprint density at radius 3 is 1.96 bits per heavy atom. The van der Waals surface area contributed by atoms with Crippen molar-refractivity contribution in [1.29, 1.82) is 0 Å². The molecule has 10 heterocycles. The van der Waals surface area contributed by atoms with Gasteiger partial charge in [0, 0.05) is 46.7 Å². The highest BCUT2D eigenvalue weighted by molar-refractivity contribution is 7.20. The number of aromatic nitrogens is 2. The monoisotopic (exact) mass is 679 g/mol. The second-order valence-corrected chi connectivity index (χ2v) is 15.5. The molecule has 8 nitrogen and oxygen atoms in total. The topological polar surface area (TPSA) is 109 Å². The summed E-state index contributed by atoms with van der Waals surface area (Å²) in [7, 11) is 0. The fourth-order valence-corrected chi connectivity index (χ4v) is 10.5. The molecular formula is C35H42ClN5O3S2. The largest absolute Gasteiger partial charge is 0.373 e. The van der Waals surface area contributed by atoms with Gasteiger partial charge in [0.05, 0.1) is 4.88 Å². The fourth-order valence-electron chi connectivity index (χ4n) is 8.83. The third kappa shape index (κ3) is 6.33. The van der Waals surface area contributed by atoms with Crippen molar-refractivity contribution in [2.45, 2.75) is 74.9 Å². The van der Waals surface area contributed by atoms with Crippen LogP contribution >= 0.6 is 35.1 Å². The third-order valence-electron chi connectivity index (χ3n) is 11.5. The molecule has 2 N–H and O–H groups in total. The molecule has 8 fully saturated rings. The van der Waals surface area contributed by atoms with Gasteiger partial charge in [0.1, 0.15) is 9.66 Å². The van der Waals surface area contributed by atoms with Crippen LogP contribution < -0.4 is 5.73 Å². The Labute approximate surface area is 284 Å². The maximum absolute atomic E-state index is 12.8. The number of nitrogens with zero attached hydrogens (tertiary/aromatic N) is 4. The summed E-state index contributed by atoms with van der Waals surface area (Å²) in [6, 6.07) is 12.6. The molecule has 6 saturated heterocycles. The molecule has 0 radical (unpaired) electrons. The molecule has 0 unspecified atom stereocenters. The van der Waals surface area contributed by atoms with Gasteiger partial charge in [-0.15, -0.1) is 35.1 Å². The van der Waals surface area contributed by atoms with E-state index < -0.39 is 0 Å². The number of hydrogen-bond acceptors (Lipinski definition) is 10. The highest BCUT2D eigenvalue weighted by Crippen LogP contribution is 2.58. The van der Waals surface area contributed by atoms with Gasteiger partial charge in [-0.1, -0.05) is 12.1 Å². The Kier molecular flexibility index (Phi) is 10.1. The molecule has 12 rings (SSSR count). The molecule has 2 atom stereocenters. The van der Waals surface area contributed by atoms with Crippen molar-refractivity contribution in [1.82, 2.24) is 19.8 Å². The van der Waals surface area contributed by atoms with Crippen LogP contribution in [0.15, 0.2) is 54.2 Å². The van der Waals surface area contributed by atoms with Gasteiger partial charge in [-0.3, -0.25) is 14.6 Å². The second kappa shape index (κ2) is 13.9. The average molecular weight is 680 g/mol. The molecule has 2 saturated carbocycles. The van der Waals surface area contributed by atoms with Gasteiger partial charge >= 0.3 is 6.15 Å². The van der Waals surface area contributed by atoms with Crippen LogP contribution in [0.1, 0.15) is 67.5 Å². The Hall–Kier alpha value is -2.56. The smallest absolute Gasteiger partial charge is 0.326 e. The number of hydrogen-bond donors (Lipinski definition) is 1. The Morgan fingerprint density at radius 1 is 0.848 bits per heavy atom. The van der Waals surface area contributed by atoms with Gasteiger partial charge in [-0.2, -0.15) is 9.59 Å². The molecule has 4 bridgehead atoms. The van der Waals surface area contributed by atoms with Gasteiger partial charge in [0.2, 0.25) is 0 Å². The number of carbonyl (C=O) groups is 1. The lowest BCUT2D eigenvalue weighted by Crippen LogP contribution is -2.63. The number of ketones is 1. The second-order valence-electron chi connectivity index (χ2n) is 13.5. The summed E-state index contributed by atoms with van der Waals surface area (Å²) in [5.74, 6) is 2.58. The van der Waals surface area contributed by atoms with E-state index >= 15 is 0 Å². The van der Waals surface area contributed by atoms with E-state index in [1.807, 2.05) is 30.5 Å². The molecule has 2 spiro atoms. The highest BCUT2D eigenvalue weighted by Gasteiger charge is 2.60. The molecule has 2 aliphatic carbocycles. The molecule has 0 amide bonds. The number of thiophene rings is 2. The number of fused-ring (bicyclic) bond motifs is 6. The zero-order chi connectivity index (χ0) is 31.0. The Balaban J connectivity index is 0.000000129. The van der Waals surface area contributed by atoms with Crippen LogP contribution in [0.25, 0.3) is 20.4 Å². The number of nitrogens with two attached hydrogens (primary N) is 1. The van der Waals surface area contributed by atoms with Gasteiger partial charge < -0.3 is 5.73 Å². The van der Waals surface area contributed by atoms with Crippen LogP contribution in [0, 0.1) is 17.8 Å². The molecule has 11 heteroatoms. The van der Waals surface area contributed by atoms with Crippen LogP contribution in [0.4, 0.5) is 0 Å². The zero-order valence-corrected chi connectivity index (χ0v) is 28.5. The summed E-state index contributed by atoms with van der Waals surface area (Å²) in [6.07, 6.45) is 15.3. The van der Waals surface area contributed by atoms with E-state index in [0.717, 1.165) is 38.2 Å². The number of pyridine rings is 2. The summed E-state index contributed by atoms with van der Waals surface area (Å²) in [6.45, 7) is 5.20. The van der Waals surface area contributed by atoms with Gasteiger partial charge in [-0.05, 0) is 125 Å². The molecule has 4 aromatic heterocycles. The molecule has 0 aromatic carbocycles. The number of Topliss-reactive ketones (excluding diaryl/α,β-unsaturated/α-hetero) is 1. The summed E-state index contributed by atoms with van der Waals surface area (Å²) in [4.78, 5) is 46.0. The van der Waals surface area contributed by atoms with Crippen molar-refractivity contribution in [3.05, 3.63) is 59.0 Å². The Bertz CT molecular complexity index is 1610. The minimum absolute atomic E-state index is 0. The van der Waals surface area contributed by atoms with E-state index in [1.54, 1.807) is 28.9 Å². The lowest BCUT2D eigenvalue weighted by atomic mass is 9.70. The molecule has 4 aromatic rings. The molecular weight excluding hydrogens is 638 g/mol. The molecule has 8 aliphatic rings. The first-order chi connectivity index (χ1) is 22.0. The first kappa shape index (κ1) is 33.3. The minimum atomic E-state index is 0. The van der Waals surface area contributed by atoms with Gasteiger partial charge in [0.15, 0.2) is 5.78 Å².